The van der Waals surface area contributed by atoms with Gasteiger partial charge in [-0.15, -0.1) is 23.5 Å². The predicted molar refractivity (Wildman–Crippen MR) is 113 cm³/mol. The van der Waals surface area contributed by atoms with Crippen molar-refractivity contribution in [3.63, 3.8) is 0 Å². The van der Waals surface area contributed by atoms with Crippen molar-refractivity contribution in [3.8, 4) is 0 Å². The summed E-state index contributed by atoms with van der Waals surface area (Å²) >= 11 is 3.94. The number of thioether (sulfide) groups is 2. The highest BCUT2D eigenvalue weighted by atomic mass is 32.2. The van der Waals surface area contributed by atoms with Gasteiger partial charge in [-0.05, 0) is 30.7 Å². The van der Waals surface area contributed by atoms with Crippen LogP contribution in [0.5, 0.6) is 0 Å². The molecule has 0 saturated carbocycles. The van der Waals surface area contributed by atoms with Gasteiger partial charge in [0, 0.05) is 32.3 Å². The number of rotatable bonds is 1. The van der Waals surface area contributed by atoms with Crippen LogP contribution in [0.2, 0.25) is 0 Å². The highest BCUT2D eigenvalue weighted by Gasteiger charge is 2.36. The summed E-state index contributed by atoms with van der Waals surface area (Å²) < 4.78 is 0. The minimum Gasteiger partial charge on any atom is -0.251 e. The van der Waals surface area contributed by atoms with Crippen molar-refractivity contribution < 1.29 is 0 Å². The second kappa shape index (κ2) is 6.64. The SMILES string of the molecule is Cc1ccc([C@@H]2Sc3ccccc3N=C3c4ccccc4SC[C@@H]32)cc1. The first kappa shape index (κ1) is 16.2. The van der Waals surface area contributed by atoms with Gasteiger partial charge in [-0.3, -0.25) is 4.99 Å². The Hall–Kier alpha value is -1.97. The van der Waals surface area contributed by atoms with Gasteiger partial charge in [0.1, 0.15) is 0 Å². The second-order valence-corrected chi connectivity index (χ2v) is 9.07. The van der Waals surface area contributed by atoms with Crippen LogP contribution in [-0.2, 0) is 0 Å². The van der Waals surface area contributed by atoms with E-state index < -0.39 is 0 Å². The summed E-state index contributed by atoms with van der Waals surface area (Å²) in [6.45, 7) is 2.15. The Kier molecular flexibility index (Phi) is 4.14. The summed E-state index contributed by atoms with van der Waals surface area (Å²) in [5.41, 5.74) is 6.37. The number of hydrogen-bond donors (Lipinski definition) is 0. The fourth-order valence-electron chi connectivity index (χ4n) is 3.69. The fraction of sp³-hybridized carbons (Fsp3) is 0.174. The molecule has 0 bridgehead atoms. The molecule has 0 N–H and O–H groups in total. The molecule has 0 spiro atoms. The van der Waals surface area contributed by atoms with E-state index in [0.29, 0.717) is 11.2 Å². The molecule has 0 unspecified atom stereocenters. The monoisotopic (exact) mass is 373 g/mol. The molecule has 0 amide bonds. The number of hydrogen-bond acceptors (Lipinski definition) is 3. The van der Waals surface area contributed by atoms with E-state index in [0.717, 1.165) is 11.4 Å². The molecule has 3 aromatic carbocycles. The molecule has 2 heterocycles. The summed E-state index contributed by atoms with van der Waals surface area (Å²) in [5.74, 6) is 1.49. The average molecular weight is 374 g/mol. The Balaban J connectivity index is 1.70. The minimum atomic E-state index is 0.388. The van der Waals surface area contributed by atoms with Crippen LogP contribution in [0.4, 0.5) is 5.69 Å². The first-order valence-electron chi connectivity index (χ1n) is 8.92. The van der Waals surface area contributed by atoms with Crippen LogP contribution in [0.3, 0.4) is 0 Å². The van der Waals surface area contributed by atoms with Crippen LogP contribution in [0.15, 0.2) is 87.6 Å². The quantitative estimate of drug-likeness (QED) is 0.471. The molecule has 2 atom stereocenters. The lowest BCUT2D eigenvalue weighted by Crippen LogP contribution is -2.27. The first-order valence-corrected chi connectivity index (χ1v) is 10.8. The zero-order valence-corrected chi connectivity index (χ0v) is 16.2. The topological polar surface area (TPSA) is 12.4 Å². The Morgan fingerprint density at radius 3 is 2.42 bits per heavy atom. The maximum Gasteiger partial charge on any atom is 0.0769 e. The van der Waals surface area contributed by atoms with Crippen molar-refractivity contribution in [2.45, 2.75) is 22.0 Å². The van der Waals surface area contributed by atoms with Gasteiger partial charge < -0.3 is 0 Å². The summed E-state index contributed by atoms with van der Waals surface area (Å²) in [4.78, 5) is 7.81. The third-order valence-corrected chi connectivity index (χ3v) is 7.71. The average Bonchev–Trinajstić information content (AvgIpc) is 2.85. The number of aliphatic imine (C=N–C) groups is 1. The summed E-state index contributed by atoms with van der Waals surface area (Å²) in [6, 6.07) is 26.3. The van der Waals surface area contributed by atoms with Crippen molar-refractivity contribution in [2.24, 2.45) is 10.9 Å². The third kappa shape index (κ3) is 2.80. The number of aryl methyl sites for hydroxylation is 1. The van der Waals surface area contributed by atoms with Crippen LogP contribution in [0.1, 0.15) is 21.9 Å². The molecule has 3 heteroatoms. The molecule has 2 aliphatic rings. The summed E-state index contributed by atoms with van der Waals surface area (Å²) in [6.07, 6.45) is 0. The Labute approximate surface area is 163 Å². The van der Waals surface area contributed by atoms with E-state index >= 15 is 0 Å². The van der Waals surface area contributed by atoms with Gasteiger partial charge in [0.05, 0.1) is 11.4 Å². The van der Waals surface area contributed by atoms with Crippen molar-refractivity contribution in [1.29, 1.82) is 0 Å². The van der Waals surface area contributed by atoms with Gasteiger partial charge in [0.15, 0.2) is 0 Å². The largest absolute Gasteiger partial charge is 0.251 e. The molecular weight excluding hydrogens is 354 g/mol. The smallest absolute Gasteiger partial charge is 0.0769 e. The summed E-state index contributed by atoms with van der Waals surface area (Å²) in [7, 11) is 0. The van der Waals surface area contributed by atoms with Gasteiger partial charge in [-0.2, -0.15) is 0 Å². The molecular formula is C23H19NS2. The maximum absolute atomic E-state index is 5.18. The van der Waals surface area contributed by atoms with Crippen LogP contribution in [0.25, 0.3) is 0 Å². The van der Waals surface area contributed by atoms with E-state index in [4.69, 9.17) is 4.99 Å². The molecule has 2 aliphatic heterocycles. The van der Waals surface area contributed by atoms with Crippen LogP contribution < -0.4 is 0 Å². The zero-order chi connectivity index (χ0) is 17.5. The van der Waals surface area contributed by atoms with Gasteiger partial charge in [0.25, 0.3) is 0 Å². The van der Waals surface area contributed by atoms with Gasteiger partial charge in [0.2, 0.25) is 0 Å². The summed E-state index contributed by atoms with van der Waals surface area (Å²) in [5, 5.41) is 0.388. The normalized spacial score (nSPS) is 21.0. The van der Waals surface area contributed by atoms with Crippen molar-refractivity contribution in [2.75, 3.05) is 5.75 Å². The van der Waals surface area contributed by atoms with E-state index in [9.17, 15) is 0 Å². The molecule has 26 heavy (non-hydrogen) atoms. The number of fused-ring (bicyclic) bond motifs is 4. The molecule has 1 nitrogen and oxygen atoms in total. The lowest BCUT2D eigenvalue weighted by molar-refractivity contribution is 0.755. The molecule has 5 rings (SSSR count). The van der Waals surface area contributed by atoms with Gasteiger partial charge in [-0.25, -0.2) is 0 Å². The molecule has 0 fully saturated rings. The molecule has 0 saturated heterocycles. The molecule has 0 radical (unpaired) electrons. The Bertz CT molecular complexity index is 991. The minimum absolute atomic E-state index is 0.388. The van der Waals surface area contributed by atoms with E-state index in [1.807, 2.05) is 23.5 Å². The van der Waals surface area contributed by atoms with Gasteiger partial charge >= 0.3 is 0 Å². The lowest BCUT2D eigenvalue weighted by Gasteiger charge is -2.31. The van der Waals surface area contributed by atoms with E-state index in [2.05, 4.69) is 79.7 Å². The van der Waals surface area contributed by atoms with Crippen molar-refractivity contribution >= 4 is 34.9 Å². The maximum atomic E-state index is 5.18. The number of nitrogens with zero attached hydrogens (tertiary/aromatic N) is 1. The number of benzene rings is 3. The predicted octanol–water partition coefficient (Wildman–Crippen LogP) is 6.68. The molecule has 3 aromatic rings. The number of para-hydroxylation sites is 1. The second-order valence-electron chi connectivity index (χ2n) is 6.83. The van der Waals surface area contributed by atoms with E-state index in [1.54, 1.807) is 0 Å². The highest BCUT2D eigenvalue weighted by molar-refractivity contribution is 8.00. The van der Waals surface area contributed by atoms with E-state index in [1.165, 1.54) is 32.2 Å². The van der Waals surface area contributed by atoms with Crippen LogP contribution >= 0.6 is 23.5 Å². The lowest BCUT2D eigenvalue weighted by atomic mass is 9.90. The Morgan fingerprint density at radius 2 is 1.58 bits per heavy atom. The standard InChI is InChI=1S/C23H19NS2/c1-15-10-12-16(13-11-15)23-18-14-25-20-8-4-2-6-17(20)22(18)24-19-7-3-5-9-21(19)26-23/h2-13,18,23H,14H2,1H3/t18-,23-/m0/s1. The van der Waals surface area contributed by atoms with Crippen molar-refractivity contribution in [3.05, 3.63) is 89.5 Å². The first-order chi connectivity index (χ1) is 12.8. The third-order valence-electron chi connectivity index (χ3n) is 5.06. The van der Waals surface area contributed by atoms with E-state index in [-0.39, 0.29) is 0 Å². The fourth-order valence-corrected chi connectivity index (χ4v) is 6.37. The zero-order valence-electron chi connectivity index (χ0n) is 14.6. The molecule has 128 valence electrons. The molecule has 0 aromatic heterocycles. The van der Waals surface area contributed by atoms with Gasteiger partial charge in [-0.1, -0.05) is 60.2 Å². The molecule has 0 aliphatic carbocycles. The van der Waals surface area contributed by atoms with Crippen LogP contribution in [-0.4, -0.2) is 11.5 Å². The highest BCUT2D eigenvalue weighted by Crippen LogP contribution is 2.51. The van der Waals surface area contributed by atoms with Crippen LogP contribution in [0, 0.1) is 12.8 Å². The van der Waals surface area contributed by atoms with Crippen molar-refractivity contribution in [1.82, 2.24) is 0 Å². The Morgan fingerprint density at radius 1 is 0.846 bits per heavy atom.